The first-order valence-corrected chi connectivity index (χ1v) is 5.98. The lowest BCUT2D eigenvalue weighted by Gasteiger charge is -2.10. The highest BCUT2D eigenvalue weighted by molar-refractivity contribution is 6.31. The minimum Gasteiger partial charge on any atom is -0.495 e. The lowest BCUT2D eigenvalue weighted by molar-refractivity contribution is -0.116. The maximum Gasteiger partial charge on any atom is 0.224 e. The van der Waals surface area contributed by atoms with E-state index in [1.807, 2.05) is 6.92 Å². The van der Waals surface area contributed by atoms with Crippen LogP contribution in [0.2, 0.25) is 5.02 Å². The van der Waals surface area contributed by atoms with Gasteiger partial charge < -0.3 is 10.1 Å². The average Bonchev–Trinajstić information content (AvgIpc) is 3.06. The van der Waals surface area contributed by atoms with Gasteiger partial charge in [-0.1, -0.05) is 11.6 Å². The molecule has 0 atom stereocenters. The lowest BCUT2D eigenvalue weighted by atomic mass is 10.1. The summed E-state index contributed by atoms with van der Waals surface area (Å²) in [7, 11) is 1.54. The third kappa shape index (κ3) is 3.20. The number of carbonyl (C=O) groups is 1. The Labute approximate surface area is 110 Å². The first kappa shape index (κ1) is 12.8. The summed E-state index contributed by atoms with van der Waals surface area (Å²) in [5.74, 6) is 0.480. The van der Waals surface area contributed by atoms with Crippen LogP contribution in [0.3, 0.4) is 0 Å². The van der Waals surface area contributed by atoms with Crippen molar-refractivity contribution in [2.75, 3.05) is 12.4 Å². The summed E-state index contributed by atoms with van der Waals surface area (Å²) in [6.07, 6.45) is 0.973. The van der Waals surface area contributed by atoms with Crippen molar-refractivity contribution in [1.82, 2.24) is 0 Å². The molecular weight excluding hydrogens is 254 g/mol. The molecule has 0 spiro atoms. The van der Waals surface area contributed by atoms with Crippen LogP contribution < -0.4 is 10.1 Å². The molecular formula is C12H14ClN3O2. The van der Waals surface area contributed by atoms with Gasteiger partial charge in [0.05, 0.1) is 12.8 Å². The highest BCUT2D eigenvalue weighted by atomic mass is 35.5. The second kappa shape index (κ2) is 4.94. The first-order valence-electron chi connectivity index (χ1n) is 5.60. The maximum absolute atomic E-state index is 11.8. The zero-order valence-corrected chi connectivity index (χ0v) is 11.0. The van der Waals surface area contributed by atoms with Gasteiger partial charge in [-0.15, -0.1) is 0 Å². The average molecular weight is 268 g/mol. The Hall–Kier alpha value is -1.62. The standard InChI is InChI=1S/C12H14ClN3O2/c1-12(15-16-12)6-5-11(17)14-9-7-8(13)3-4-10(9)18-2/h3-4,7H,5-6H2,1-2H3,(H,14,17). The number of methoxy groups -OCH3 is 1. The number of nitrogens with one attached hydrogen (secondary N) is 1. The summed E-state index contributed by atoms with van der Waals surface area (Å²) in [4.78, 5) is 11.8. The summed E-state index contributed by atoms with van der Waals surface area (Å²) in [5.41, 5.74) is 0.222. The zero-order chi connectivity index (χ0) is 13.2. The van der Waals surface area contributed by atoms with E-state index in [1.54, 1.807) is 25.3 Å². The van der Waals surface area contributed by atoms with Crippen molar-refractivity contribution >= 4 is 23.2 Å². The van der Waals surface area contributed by atoms with Crippen LogP contribution in [0.25, 0.3) is 0 Å². The molecule has 0 aromatic heterocycles. The molecule has 96 valence electrons. The van der Waals surface area contributed by atoms with Crippen LogP contribution in [0, 0.1) is 0 Å². The van der Waals surface area contributed by atoms with E-state index in [2.05, 4.69) is 15.5 Å². The highest BCUT2D eigenvalue weighted by Crippen LogP contribution is 2.32. The minimum absolute atomic E-state index is 0.103. The fraction of sp³-hybridized carbons (Fsp3) is 0.417. The number of ether oxygens (including phenoxy) is 1. The number of nitrogens with zero attached hydrogens (tertiary/aromatic N) is 2. The molecule has 0 saturated carbocycles. The molecule has 1 aromatic rings. The molecule has 1 amide bonds. The predicted molar refractivity (Wildman–Crippen MR) is 69.1 cm³/mol. The van der Waals surface area contributed by atoms with Gasteiger partial charge in [0.1, 0.15) is 5.75 Å². The van der Waals surface area contributed by atoms with Crippen molar-refractivity contribution in [3.05, 3.63) is 23.2 Å². The third-order valence-corrected chi connectivity index (χ3v) is 2.94. The Morgan fingerprint density at radius 1 is 1.50 bits per heavy atom. The van der Waals surface area contributed by atoms with Crippen molar-refractivity contribution in [3.8, 4) is 5.75 Å². The van der Waals surface area contributed by atoms with Crippen LogP contribution in [-0.2, 0) is 4.79 Å². The van der Waals surface area contributed by atoms with E-state index in [4.69, 9.17) is 16.3 Å². The quantitative estimate of drug-likeness (QED) is 0.890. The molecule has 1 N–H and O–H groups in total. The Morgan fingerprint density at radius 2 is 2.22 bits per heavy atom. The summed E-state index contributed by atoms with van der Waals surface area (Å²) >= 11 is 5.88. The van der Waals surface area contributed by atoms with Crippen molar-refractivity contribution < 1.29 is 9.53 Å². The SMILES string of the molecule is COc1ccc(Cl)cc1NC(=O)CCC1(C)N=N1. The Kier molecular flexibility index (Phi) is 3.52. The van der Waals surface area contributed by atoms with Crippen LogP contribution in [0.5, 0.6) is 5.75 Å². The van der Waals surface area contributed by atoms with Gasteiger partial charge in [0.25, 0.3) is 0 Å². The number of amides is 1. The normalized spacial score (nSPS) is 15.3. The van der Waals surface area contributed by atoms with Gasteiger partial charge in [0.2, 0.25) is 5.91 Å². The van der Waals surface area contributed by atoms with Gasteiger partial charge in [-0.3, -0.25) is 4.79 Å². The number of rotatable bonds is 5. The molecule has 5 nitrogen and oxygen atoms in total. The predicted octanol–water partition coefficient (Wildman–Crippen LogP) is 3.25. The zero-order valence-electron chi connectivity index (χ0n) is 10.2. The molecule has 0 aliphatic carbocycles. The summed E-state index contributed by atoms with van der Waals surface area (Å²) in [5, 5.41) is 11.0. The van der Waals surface area contributed by atoms with E-state index >= 15 is 0 Å². The van der Waals surface area contributed by atoms with E-state index in [0.717, 1.165) is 0 Å². The van der Waals surface area contributed by atoms with E-state index < -0.39 is 0 Å². The molecule has 1 aliphatic heterocycles. The van der Waals surface area contributed by atoms with E-state index in [9.17, 15) is 4.79 Å². The monoisotopic (exact) mass is 267 g/mol. The molecule has 0 bridgehead atoms. The Morgan fingerprint density at radius 3 is 2.83 bits per heavy atom. The van der Waals surface area contributed by atoms with Crippen LogP contribution >= 0.6 is 11.6 Å². The number of halogens is 1. The smallest absolute Gasteiger partial charge is 0.224 e. The molecule has 2 rings (SSSR count). The summed E-state index contributed by atoms with van der Waals surface area (Å²) in [6.45, 7) is 1.89. The van der Waals surface area contributed by atoms with E-state index in [0.29, 0.717) is 29.3 Å². The molecule has 0 unspecified atom stereocenters. The van der Waals surface area contributed by atoms with Gasteiger partial charge in [-0.05, 0) is 25.1 Å². The van der Waals surface area contributed by atoms with Crippen LogP contribution in [0.15, 0.2) is 28.4 Å². The van der Waals surface area contributed by atoms with E-state index in [-0.39, 0.29) is 11.6 Å². The van der Waals surface area contributed by atoms with Crippen molar-refractivity contribution in [3.63, 3.8) is 0 Å². The highest BCUT2D eigenvalue weighted by Gasteiger charge is 2.33. The maximum atomic E-state index is 11.8. The second-order valence-electron chi connectivity index (χ2n) is 4.31. The third-order valence-electron chi connectivity index (χ3n) is 2.70. The van der Waals surface area contributed by atoms with Gasteiger partial charge in [-0.25, -0.2) is 0 Å². The number of anilines is 1. The molecule has 0 radical (unpaired) electrons. The molecule has 0 saturated heterocycles. The van der Waals surface area contributed by atoms with Crippen LogP contribution in [-0.4, -0.2) is 18.7 Å². The van der Waals surface area contributed by atoms with Gasteiger partial charge in [0.15, 0.2) is 5.66 Å². The number of benzene rings is 1. The second-order valence-corrected chi connectivity index (χ2v) is 4.75. The topological polar surface area (TPSA) is 63.0 Å². The minimum atomic E-state index is -0.351. The number of carbonyl (C=O) groups excluding carboxylic acids is 1. The molecule has 6 heteroatoms. The van der Waals surface area contributed by atoms with Gasteiger partial charge in [-0.2, -0.15) is 10.2 Å². The first-order chi connectivity index (χ1) is 8.52. The van der Waals surface area contributed by atoms with Crippen molar-refractivity contribution in [2.45, 2.75) is 25.4 Å². The van der Waals surface area contributed by atoms with Crippen molar-refractivity contribution in [1.29, 1.82) is 0 Å². The lowest BCUT2D eigenvalue weighted by Crippen LogP contribution is -2.15. The summed E-state index contributed by atoms with van der Waals surface area (Å²) in [6, 6.07) is 5.08. The van der Waals surface area contributed by atoms with E-state index in [1.165, 1.54) is 0 Å². The van der Waals surface area contributed by atoms with Crippen molar-refractivity contribution in [2.24, 2.45) is 10.2 Å². The van der Waals surface area contributed by atoms with Crippen LogP contribution in [0.1, 0.15) is 19.8 Å². The Balaban J connectivity index is 1.95. The molecule has 1 aliphatic rings. The molecule has 18 heavy (non-hydrogen) atoms. The fourth-order valence-corrected chi connectivity index (χ4v) is 1.70. The fourth-order valence-electron chi connectivity index (χ4n) is 1.53. The Bertz CT molecular complexity index is 496. The summed E-state index contributed by atoms with van der Waals surface area (Å²) < 4.78 is 5.15. The van der Waals surface area contributed by atoms with Gasteiger partial charge in [0, 0.05) is 17.9 Å². The molecule has 1 heterocycles. The molecule has 1 aromatic carbocycles. The number of hydrogen-bond donors (Lipinski definition) is 1. The largest absolute Gasteiger partial charge is 0.495 e. The van der Waals surface area contributed by atoms with Crippen LogP contribution in [0.4, 0.5) is 5.69 Å². The van der Waals surface area contributed by atoms with Gasteiger partial charge >= 0.3 is 0 Å². The molecule has 0 fully saturated rings. The number of hydrogen-bond acceptors (Lipinski definition) is 4.